The number of hydrogen-bond donors (Lipinski definition) is 1. The topological polar surface area (TPSA) is 49.6 Å². The first-order valence-corrected chi connectivity index (χ1v) is 6.53. The molecule has 2 N–H and O–H groups in total. The highest BCUT2D eigenvalue weighted by atomic mass is 35.5. The first-order valence-electron chi connectivity index (χ1n) is 6.53. The number of piperidine rings is 1. The Morgan fingerprint density at radius 1 is 1.35 bits per heavy atom. The third kappa shape index (κ3) is 6.76. The third-order valence-electron chi connectivity index (χ3n) is 3.28. The molecule has 0 atom stereocenters. The number of likely N-dealkylation sites (tertiary alicyclic amines) is 1. The van der Waals surface area contributed by atoms with Gasteiger partial charge in [-0.05, 0) is 26.7 Å². The molecule has 1 fully saturated rings. The predicted molar refractivity (Wildman–Crippen MR) is 73.8 cm³/mol. The van der Waals surface area contributed by atoms with E-state index in [-0.39, 0.29) is 25.0 Å². The van der Waals surface area contributed by atoms with Gasteiger partial charge in [0.15, 0.2) is 0 Å². The minimum atomic E-state index is -4.36. The van der Waals surface area contributed by atoms with Crippen molar-refractivity contribution in [2.75, 3.05) is 26.2 Å². The monoisotopic (exact) mass is 317 g/mol. The number of alkyl halides is 3. The summed E-state index contributed by atoms with van der Waals surface area (Å²) in [4.78, 5) is 14.7. The van der Waals surface area contributed by atoms with E-state index in [1.54, 1.807) is 13.8 Å². The lowest BCUT2D eigenvalue weighted by molar-refractivity contribution is -0.165. The molecule has 1 aliphatic heterocycles. The Labute approximate surface area is 123 Å². The summed E-state index contributed by atoms with van der Waals surface area (Å²) in [5, 5.41) is 0. The molecule has 1 rings (SSSR count). The van der Waals surface area contributed by atoms with Gasteiger partial charge in [0.2, 0.25) is 5.91 Å². The van der Waals surface area contributed by atoms with Gasteiger partial charge in [-0.15, -0.1) is 12.4 Å². The number of carbonyl (C=O) groups excluding carboxylic acids is 1. The molecule has 0 unspecified atom stereocenters. The van der Waals surface area contributed by atoms with Crippen LogP contribution in [-0.2, 0) is 4.79 Å². The van der Waals surface area contributed by atoms with Gasteiger partial charge in [0.25, 0.3) is 0 Å². The number of hydrogen-bond acceptors (Lipinski definition) is 3. The summed E-state index contributed by atoms with van der Waals surface area (Å²) >= 11 is 0. The van der Waals surface area contributed by atoms with E-state index < -0.39 is 24.7 Å². The average molecular weight is 318 g/mol. The lowest BCUT2D eigenvalue weighted by Gasteiger charge is -2.33. The van der Waals surface area contributed by atoms with Crippen LogP contribution >= 0.6 is 12.4 Å². The minimum absolute atomic E-state index is 0. The van der Waals surface area contributed by atoms with Gasteiger partial charge in [-0.25, -0.2) is 0 Å². The fraction of sp³-hybridized carbons (Fsp3) is 0.917. The number of rotatable bonds is 4. The SMILES string of the molecule is CC(C)N(CC(F)(F)F)C(=O)CN1CCC(N)CC1.Cl. The van der Waals surface area contributed by atoms with Crippen molar-refractivity contribution in [2.24, 2.45) is 5.73 Å². The second-order valence-electron chi connectivity index (χ2n) is 5.34. The molecule has 4 nitrogen and oxygen atoms in total. The van der Waals surface area contributed by atoms with Gasteiger partial charge in [0, 0.05) is 25.2 Å². The van der Waals surface area contributed by atoms with Gasteiger partial charge in [0.1, 0.15) is 6.54 Å². The van der Waals surface area contributed by atoms with Crippen molar-refractivity contribution >= 4 is 18.3 Å². The number of amides is 1. The van der Waals surface area contributed by atoms with Gasteiger partial charge in [-0.3, -0.25) is 9.69 Å². The third-order valence-corrected chi connectivity index (χ3v) is 3.28. The van der Waals surface area contributed by atoms with Crippen LogP contribution in [0.5, 0.6) is 0 Å². The van der Waals surface area contributed by atoms with E-state index >= 15 is 0 Å². The Hall–Kier alpha value is -0.530. The Balaban J connectivity index is 0.00000361. The average Bonchev–Trinajstić information content (AvgIpc) is 2.27. The second-order valence-corrected chi connectivity index (χ2v) is 5.34. The number of nitrogens with two attached hydrogens (primary N) is 1. The summed E-state index contributed by atoms with van der Waals surface area (Å²) in [5.74, 6) is -0.470. The molecule has 120 valence electrons. The largest absolute Gasteiger partial charge is 0.406 e. The summed E-state index contributed by atoms with van der Waals surface area (Å²) in [6.07, 6.45) is -2.79. The van der Waals surface area contributed by atoms with Gasteiger partial charge in [-0.2, -0.15) is 13.2 Å². The molecule has 0 aromatic rings. The molecule has 0 spiro atoms. The second kappa shape index (κ2) is 8.05. The zero-order valence-corrected chi connectivity index (χ0v) is 12.6. The summed E-state index contributed by atoms with van der Waals surface area (Å²) in [6, 6.07) is -0.316. The van der Waals surface area contributed by atoms with Crippen LogP contribution in [0.25, 0.3) is 0 Å². The van der Waals surface area contributed by atoms with Crippen LogP contribution in [0.4, 0.5) is 13.2 Å². The Morgan fingerprint density at radius 2 is 1.85 bits per heavy atom. The van der Waals surface area contributed by atoms with Crippen LogP contribution in [-0.4, -0.2) is 60.1 Å². The van der Waals surface area contributed by atoms with Crippen molar-refractivity contribution in [1.29, 1.82) is 0 Å². The van der Waals surface area contributed by atoms with E-state index in [2.05, 4.69) is 0 Å². The molecule has 0 radical (unpaired) electrons. The number of carbonyl (C=O) groups is 1. The molecular weight excluding hydrogens is 295 g/mol. The van der Waals surface area contributed by atoms with Crippen molar-refractivity contribution in [3.63, 3.8) is 0 Å². The number of nitrogens with zero attached hydrogens (tertiary/aromatic N) is 2. The molecule has 0 aromatic heterocycles. The van der Waals surface area contributed by atoms with Crippen LogP contribution in [0.1, 0.15) is 26.7 Å². The van der Waals surface area contributed by atoms with Crippen molar-refractivity contribution in [3.8, 4) is 0 Å². The maximum atomic E-state index is 12.4. The van der Waals surface area contributed by atoms with E-state index in [1.807, 2.05) is 4.90 Å². The summed E-state index contributed by atoms with van der Waals surface area (Å²) < 4.78 is 37.3. The summed E-state index contributed by atoms with van der Waals surface area (Å²) in [7, 11) is 0. The fourth-order valence-corrected chi connectivity index (χ4v) is 2.15. The van der Waals surface area contributed by atoms with Gasteiger partial charge in [-0.1, -0.05) is 0 Å². The highest BCUT2D eigenvalue weighted by Crippen LogP contribution is 2.18. The van der Waals surface area contributed by atoms with Crippen LogP contribution in [0.3, 0.4) is 0 Å². The fourth-order valence-electron chi connectivity index (χ4n) is 2.15. The lowest BCUT2D eigenvalue weighted by atomic mass is 10.1. The molecule has 0 aliphatic carbocycles. The first-order chi connectivity index (χ1) is 8.69. The van der Waals surface area contributed by atoms with Gasteiger partial charge >= 0.3 is 6.18 Å². The molecule has 1 saturated heterocycles. The van der Waals surface area contributed by atoms with E-state index in [9.17, 15) is 18.0 Å². The zero-order valence-electron chi connectivity index (χ0n) is 11.8. The molecule has 0 bridgehead atoms. The van der Waals surface area contributed by atoms with Crippen LogP contribution < -0.4 is 5.73 Å². The molecule has 1 amide bonds. The highest BCUT2D eigenvalue weighted by Gasteiger charge is 2.34. The molecule has 0 saturated carbocycles. The normalized spacial score (nSPS) is 17.9. The van der Waals surface area contributed by atoms with Crippen molar-refractivity contribution in [2.45, 2.75) is 44.9 Å². The van der Waals surface area contributed by atoms with Crippen LogP contribution in [0.15, 0.2) is 0 Å². The van der Waals surface area contributed by atoms with E-state index in [1.165, 1.54) is 0 Å². The molecule has 20 heavy (non-hydrogen) atoms. The number of halogens is 4. The van der Waals surface area contributed by atoms with E-state index in [0.717, 1.165) is 17.7 Å². The molecule has 1 aliphatic rings. The predicted octanol–water partition coefficient (Wildman–Crippen LogP) is 1.63. The summed E-state index contributed by atoms with van der Waals surface area (Å²) in [5.41, 5.74) is 5.75. The maximum Gasteiger partial charge on any atom is 0.406 e. The zero-order chi connectivity index (χ0) is 14.6. The van der Waals surface area contributed by atoms with E-state index in [0.29, 0.717) is 13.1 Å². The molecule has 8 heteroatoms. The molecule has 1 heterocycles. The van der Waals surface area contributed by atoms with Crippen LogP contribution in [0, 0.1) is 0 Å². The van der Waals surface area contributed by atoms with Crippen molar-refractivity contribution < 1.29 is 18.0 Å². The minimum Gasteiger partial charge on any atom is -0.330 e. The van der Waals surface area contributed by atoms with Crippen molar-refractivity contribution in [3.05, 3.63) is 0 Å². The van der Waals surface area contributed by atoms with Crippen molar-refractivity contribution in [1.82, 2.24) is 9.80 Å². The standard InChI is InChI=1S/C12H22F3N3O.ClH/c1-9(2)18(8-12(13,14)15)11(19)7-17-5-3-10(16)4-6-17;/h9-10H,3-8,16H2,1-2H3;1H. The molecule has 0 aromatic carbocycles. The van der Waals surface area contributed by atoms with E-state index in [4.69, 9.17) is 5.73 Å². The quantitative estimate of drug-likeness (QED) is 0.857. The van der Waals surface area contributed by atoms with Gasteiger partial charge < -0.3 is 10.6 Å². The Morgan fingerprint density at radius 3 is 2.25 bits per heavy atom. The Bertz CT molecular complexity index is 305. The molecular formula is C12H23ClF3N3O. The maximum absolute atomic E-state index is 12.4. The van der Waals surface area contributed by atoms with Gasteiger partial charge in [0.05, 0.1) is 6.54 Å². The summed E-state index contributed by atoms with van der Waals surface area (Å²) in [6.45, 7) is 3.39. The lowest BCUT2D eigenvalue weighted by Crippen LogP contribution is -2.49. The smallest absolute Gasteiger partial charge is 0.330 e. The highest BCUT2D eigenvalue weighted by molar-refractivity contribution is 5.85. The first kappa shape index (κ1) is 19.5. The van der Waals surface area contributed by atoms with Crippen LogP contribution in [0.2, 0.25) is 0 Å². The Kier molecular flexibility index (Phi) is 7.83.